The third-order valence-electron chi connectivity index (χ3n) is 4.90. The fraction of sp³-hybridized carbons (Fsp3) is 0.238. The third-order valence-corrected chi connectivity index (χ3v) is 4.90. The summed E-state index contributed by atoms with van der Waals surface area (Å²) in [6.45, 7) is 0.706. The number of phenols is 1. The van der Waals surface area contributed by atoms with Crippen molar-refractivity contribution in [3.63, 3.8) is 0 Å². The largest absolute Gasteiger partial charge is 0.507 e. The van der Waals surface area contributed by atoms with Crippen molar-refractivity contribution in [3.05, 3.63) is 71.9 Å². The molecular formula is C21H20N2O2. The first-order valence-corrected chi connectivity index (χ1v) is 8.68. The number of piperidine rings is 1. The number of nitrogens with zero attached hydrogens (tertiary/aromatic N) is 2. The van der Waals surface area contributed by atoms with Crippen molar-refractivity contribution in [2.75, 3.05) is 6.54 Å². The Kier molecular flexibility index (Phi) is 4.10. The van der Waals surface area contributed by atoms with Gasteiger partial charge in [-0.2, -0.15) is 0 Å². The van der Waals surface area contributed by atoms with Crippen molar-refractivity contribution < 1.29 is 9.90 Å². The average molecular weight is 332 g/mol. The van der Waals surface area contributed by atoms with Gasteiger partial charge in [0.15, 0.2) is 0 Å². The van der Waals surface area contributed by atoms with Crippen LogP contribution in [0.3, 0.4) is 0 Å². The summed E-state index contributed by atoms with van der Waals surface area (Å²) in [5.41, 5.74) is 2.19. The van der Waals surface area contributed by atoms with Gasteiger partial charge in [0.05, 0.1) is 17.1 Å². The summed E-state index contributed by atoms with van der Waals surface area (Å²) >= 11 is 0. The highest BCUT2D eigenvalue weighted by Gasteiger charge is 2.30. The first kappa shape index (κ1) is 15.6. The van der Waals surface area contributed by atoms with Crippen molar-refractivity contribution in [3.8, 4) is 5.75 Å². The van der Waals surface area contributed by atoms with E-state index in [-0.39, 0.29) is 17.7 Å². The van der Waals surface area contributed by atoms with Crippen LogP contribution in [0.5, 0.6) is 5.75 Å². The quantitative estimate of drug-likeness (QED) is 0.761. The molecular weight excluding hydrogens is 312 g/mol. The molecule has 4 nitrogen and oxygen atoms in total. The molecule has 1 fully saturated rings. The van der Waals surface area contributed by atoms with Gasteiger partial charge in [-0.05, 0) is 43.0 Å². The van der Waals surface area contributed by atoms with Crippen LogP contribution >= 0.6 is 0 Å². The van der Waals surface area contributed by atoms with Gasteiger partial charge in [-0.15, -0.1) is 0 Å². The highest BCUT2D eigenvalue weighted by Crippen LogP contribution is 2.34. The molecule has 1 saturated heterocycles. The predicted octanol–water partition coefficient (Wildman–Crippen LogP) is 4.31. The molecule has 0 aliphatic carbocycles. The van der Waals surface area contributed by atoms with Crippen LogP contribution in [0.1, 0.15) is 41.2 Å². The van der Waals surface area contributed by atoms with Gasteiger partial charge in [-0.25, -0.2) is 0 Å². The number of carbonyl (C=O) groups is 1. The van der Waals surface area contributed by atoms with E-state index in [1.807, 2.05) is 35.2 Å². The van der Waals surface area contributed by atoms with E-state index in [0.29, 0.717) is 12.1 Å². The number of phenolic OH excluding ortho intramolecular Hbond substituents is 1. The van der Waals surface area contributed by atoms with Gasteiger partial charge in [-0.1, -0.05) is 36.4 Å². The Balaban J connectivity index is 1.72. The monoisotopic (exact) mass is 332 g/mol. The van der Waals surface area contributed by atoms with Crippen molar-refractivity contribution in [1.29, 1.82) is 0 Å². The van der Waals surface area contributed by atoms with E-state index in [4.69, 9.17) is 0 Å². The molecule has 1 amide bonds. The number of aromatic hydroxyl groups is 1. The predicted molar refractivity (Wildman–Crippen MR) is 97.5 cm³/mol. The topological polar surface area (TPSA) is 53.4 Å². The fourth-order valence-corrected chi connectivity index (χ4v) is 3.63. The number of likely N-dealkylation sites (tertiary alicyclic amines) is 1. The van der Waals surface area contributed by atoms with Gasteiger partial charge in [0.1, 0.15) is 5.75 Å². The number of pyridine rings is 1. The molecule has 1 atom stereocenters. The van der Waals surface area contributed by atoms with E-state index in [1.165, 1.54) is 0 Å². The fourth-order valence-electron chi connectivity index (χ4n) is 3.63. The Morgan fingerprint density at radius 3 is 2.76 bits per heavy atom. The van der Waals surface area contributed by atoms with E-state index in [0.717, 1.165) is 35.7 Å². The van der Waals surface area contributed by atoms with E-state index < -0.39 is 0 Å². The summed E-state index contributed by atoms with van der Waals surface area (Å²) in [7, 11) is 0. The highest BCUT2D eigenvalue weighted by molar-refractivity contribution is 6.01. The smallest absolute Gasteiger partial charge is 0.258 e. The Hall–Kier alpha value is -2.88. The summed E-state index contributed by atoms with van der Waals surface area (Å²) in [4.78, 5) is 19.4. The SMILES string of the molecule is O=C(c1cc2ncccc2cc1O)N1CCCCC1c1ccccc1. The number of hydrogen-bond donors (Lipinski definition) is 1. The maximum absolute atomic E-state index is 13.2. The molecule has 2 aromatic carbocycles. The lowest BCUT2D eigenvalue weighted by atomic mass is 9.94. The maximum atomic E-state index is 13.2. The number of benzene rings is 2. The lowest BCUT2D eigenvalue weighted by Gasteiger charge is -2.36. The van der Waals surface area contributed by atoms with Gasteiger partial charge in [0.25, 0.3) is 5.91 Å². The molecule has 0 bridgehead atoms. The second kappa shape index (κ2) is 6.55. The molecule has 1 aliphatic heterocycles. The number of rotatable bonds is 2. The van der Waals surface area contributed by atoms with Crippen molar-refractivity contribution in [1.82, 2.24) is 9.88 Å². The van der Waals surface area contributed by atoms with Crippen molar-refractivity contribution >= 4 is 16.8 Å². The second-order valence-electron chi connectivity index (χ2n) is 6.49. The molecule has 0 saturated carbocycles. The van der Waals surface area contributed by atoms with Gasteiger partial charge in [-0.3, -0.25) is 9.78 Å². The number of fused-ring (bicyclic) bond motifs is 1. The number of amides is 1. The molecule has 4 rings (SSSR count). The van der Waals surface area contributed by atoms with Crippen LogP contribution in [0.2, 0.25) is 0 Å². The number of aromatic nitrogens is 1. The third kappa shape index (κ3) is 2.95. The summed E-state index contributed by atoms with van der Waals surface area (Å²) < 4.78 is 0. The normalized spacial score (nSPS) is 17.6. The molecule has 3 aromatic rings. The molecule has 1 N–H and O–H groups in total. The minimum absolute atomic E-state index is 0.0166. The molecule has 0 spiro atoms. The Morgan fingerprint density at radius 2 is 1.92 bits per heavy atom. The molecule has 1 unspecified atom stereocenters. The van der Waals surface area contributed by atoms with Gasteiger partial charge < -0.3 is 10.0 Å². The molecule has 0 radical (unpaired) electrons. The van der Waals surface area contributed by atoms with Crippen molar-refractivity contribution in [2.45, 2.75) is 25.3 Å². The van der Waals surface area contributed by atoms with Crippen LogP contribution in [-0.4, -0.2) is 27.4 Å². The van der Waals surface area contributed by atoms with Crippen LogP contribution in [0.15, 0.2) is 60.8 Å². The molecule has 1 aliphatic rings. The minimum Gasteiger partial charge on any atom is -0.507 e. The van der Waals surface area contributed by atoms with Crippen LogP contribution in [0.4, 0.5) is 0 Å². The summed E-state index contributed by atoms with van der Waals surface area (Å²) in [6.07, 6.45) is 4.74. The molecule has 25 heavy (non-hydrogen) atoms. The lowest BCUT2D eigenvalue weighted by molar-refractivity contribution is 0.0608. The number of carbonyl (C=O) groups excluding carboxylic acids is 1. The van der Waals surface area contributed by atoms with E-state index >= 15 is 0 Å². The highest BCUT2D eigenvalue weighted by atomic mass is 16.3. The average Bonchev–Trinajstić information content (AvgIpc) is 2.67. The Morgan fingerprint density at radius 1 is 1.08 bits per heavy atom. The van der Waals surface area contributed by atoms with E-state index in [2.05, 4.69) is 17.1 Å². The first-order valence-electron chi connectivity index (χ1n) is 8.68. The van der Waals surface area contributed by atoms with Crippen molar-refractivity contribution in [2.24, 2.45) is 0 Å². The summed E-state index contributed by atoms with van der Waals surface area (Å²) in [5, 5.41) is 11.2. The molecule has 2 heterocycles. The van der Waals surface area contributed by atoms with Crippen LogP contribution in [0.25, 0.3) is 10.9 Å². The second-order valence-corrected chi connectivity index (χ2v) is 6.49. The van der Waals surface area contributed by atoms with E-state index in [1.54, 1.807) is 18.3 Å². The zero-order valence-corrected chi connectivity index (χ0v) is 13.9. The maximum Gasteiger partial charge on any atom is 0.258 e. The van der Waals surface area contributed by atoms with Gasteiger partial charge >= 0.3 is 0 Å². The van der Waals surface area contributed by atoms with Gasteiger partial charge in [0, 0.05) is 18.1 Å². The number of hydrogen-bond acceptors (Lipinski definition) is 3. The van der Waals surface area contributed by atoms with E-state index in [9.17, 15) is 9.90 Å². The molecule has 126 valence electrons. The zero-order chi connectivity index (χ0) is 17.2. The summed E-state index contributed by atoms with van der Waals surface area (Å²) in [6, 6.07) is 17.2. The molecule has 1 aromatic heterocycles. The van der Waals surface area contributed by atoms with Crippen LogP contribution in [0, 0.1) is 0 Å². The lowest BCUT2D eigenvalue weighted by Crippen LogP contribution is -2.38. The minimum atomic E-state index is -0.126. The Labute approximate surface area is 146 Å². The van der Waals surface area contributed by atoms with Crippen LogP contribution in [-0.2, 0) is 0 Å². The zero-order valence-electron chi connectivity index (χ0n) is 13.9. The van der Waals surface area contributed by atoms with Crippen LogP contribution < -0.4 is 0 Å². The standard InChI is InChI=1S/C21H20N2O2/c24-20-13-16-9-6-11-22-18(16)14-17(20)21(25)23-12-5-4-10-19(23)15-7-2-1-3-8-15/h1-3,6-9,11,13-14,19,24H,4-5,10,12H2. The van der Waals surface area contributed by atoms with Gasteiger partial charge in [0.2, 0.25) is 0 Å². The Bertz CT molecular complexity index is 908. The summed E-state index contributed by atoms with van der Waals surface area (Å²) in [5.74, 6) is -0.110. The first-order chi connectivity index (χ1) is 12.2. The molecule has 4 heteroatoms.